The van der Waals surface area contributed by atoms with Crippen LogP contribution in [0.1, 0.15) is 50.8 Å². The zero-order chi connectivity index (χ0) is 42.6. The molecule has 0 bridgehead atoms. The second-order valence-electron chi connectivity index (χ2n) is 13.5. The van der Waals surface area contributed by atoms with Crippen molar-refractivity contribution in [2.45, 2.75) is 19.8 Å². The van der Waals surface area contributed by atoms with Crippen molar-refractivity contribution in [1.82, 2.24) is 5.32 Å². The Balaban J connectivity index is 0.000000212. The number of Topliss-reactive ketones (excluding diaryl/α,β-unsaturated/α-hetero) is 1. The minimum absolute atomic E-state index is 0.133. The van der Waals surface area contributed by atoms with Gasteiger partial charge in [0.25, 0.3) is 5.91 Å². The molecule has 0 saturated carbocycles. The van der Waals surface area contributed by atoms with Crippen LogP contribution in [0.25, 0.3) is 33.4 Å². The van der Waals surface area contributed by atoms with E-state index >= 15 is 0 Å². The summed E-state index contributed by atoms with van der Waals surface area (Å²) in [5, 5.41) is 27.6. The number of ether oxygens (including phenoxy) is 2. The number of carbonyl (C=O) groups excluding carboxylic acids is 3. The van der Waals surface area contributed by atoms with E-state index < -0.39 is 19.9 Å². The summed E-state index contributed by atoms with van der Waals surface area (Å²) in [6.45, 7) is 2.74. The van der Waals surface area contributed by atoms with Crippen LogP contribution < -0.4 is 31.8 Å². The Hall–Kier alpha value is -6.94. The van der Waals surface area contributed by atoms with Crippen LogP contribution in [0.3, 0.4) is 0 Å². The molecule has 11 nitrogen and oxygen atoms in total. The van der Waals surface area contributed by atoms with Gasteiger partial charge in [-0.05, 0) is 79.9 Å². The van der Waals surface area contributed by atoms with E-state index in [0.29, 0.717) is 77.1 Å². The fraction of sp³-hybridized carbons (Fsp3) is 0.146. The molecule has 1 heterocycles. The van der Waals surface area contributed by atoms with Crippen molar-refractivity contribution >= 4 is 58.4 Å². The summed E-state index contributed by atoms with van der Waals surface area (Å²) in [5.74, 6) is -1.53. The number of fused-ring (bicyclic) bond motifs is 2. The number of rotatable bonds is 14. The number of hydrogen-bond donors (Lipinski definition) is 2. The van der Waals surface area contributed by atoms with Crippen molar-refractivity contribution < 1.29 is 43.3 Å². The third kappa shape index (κ3) is 10.4. The first-order valence-electron chi connectivity index (χ1n) is 19.0. The van der Waals surface area contributed by atoms with Gasteiger partial charge in [-0.3, -0.25) is 9.59 Å². The largest absolute Gasteiger partial charge is 0.872 e. The molecule has 304 valence electrons. The first kappa shape index (κ1) is 42.7. The second kappa shape index (κ2) is 20.2. The number of ketones is 1. The van der Waals surface area contributed by atoms with E-state index in [-0.39, 0.29) is 28.4 Å². The van der Waals surface area contributed by atoms with Crippen molar-refractivity contribution in [3.8, 4) is 28.2 Å². The molecule has 2 aliphatic rings. The highest BCUT2D eigenvalue weighted by molar-refractivity contribution is 7.80. The van der Waals surface area contributed by atoms with Gasteiger partial charge in [0.05, 0.1) is 24.8 Å². The van der Waals surface area contributed by atoms with Gasteiger partial charge in [-0.15, -0.1) is 5.75 Å². The van der Waals surface area contributed by atoms with E-state index in [9.17, 15) is 34.2 Å². The highest BCUT2D eigenvalue weighted by atomic mass is 31.1. The van der Waals surface area contributed by atoms with Crippen LogP contribution in [0.15, 0.2) is 149 Å². The number of methoxy groups -OCH3 is 1. The number of carboxylic acid groups (broad SMARTS) is 1. The summed E-state index contributed by atoms with van der Waals surface area (Å²) in [5.41, 5.74) is 2.84. The molecule has 0 saturated heterocycles. The molecule has 0 spiro atoms. The number of benzene rings is 6. The summed E-state index contributed by atoms with van der Waals surface area (Å²) in [4.78, 5) is 59.9. The van der Waals surface area contributed by atoms with Crippen molar-refractivity contribution in [2.24, 2.45) is 0 Å². The summed E-state index contributed by atoms with van der Waals surface area (Å²) >= 11 is 0. The SMILES string of the molecule is COC(=O)c1ccc(C(=O)NCCOCCCC(C)=O)cc1P(c1ccccc1)c1ccccc1.O=C(O)c1ccccc1-c1c2ccc(=O)cc-2oc2cc([O-])ccc12. The zero-order valence-corrected chi connectivity index (χ0v) is 33.8. The van der Waals surface area contributed by atoms with E-state index in [0.717, 1.165) is 15.9 Å². The Morgan fingerprint density at radius 2 is 1.43 bits per heavy atom. The molecule has 1 aliphatic carbocycles. The minimum Gasteiger partial charge on any atom is -0.872 e. The monoisotopic (exact) mass is 822 g/mol. The Labute approximate surface area is 347 Å². The number of nitrogens with one attached hydrogen (secondary N) is 1. The molecule has 0 fully saturated rings. The molecule has 0 unspecified atom stereocenters. The third-order valence-electron chi connectivity index (χ3n) is 9.38. The minimum atomic E-state index is -1.11. The van der Waals surface area contributed by atoms with E-state index in [1.54, 1.807) is 55.5 Å². The molecule has 1 aliphatic heterocycles. The number of carbonyl (C=O) groups is 4. The van der Waals surface area contributed by atoms with Gasteiger partial charge >= 0.3 is 11.9 Å². The number of amides is 1. The Morgan fingerprint density at radius 3 is 2.10 bits per heavy atom. The predicted molar refractivity (Wildman–Crippen MR) is 231 cm³/mol. The lowest BCUT2D eigenvalue weighted by atomic mass is 9.91. The Morgan fingerprint density at radius 1 is 0.750 bits per heavy atom. The Bertz CT molecular complexity index is 2620. The van der Waals surface area contributed by atoms with Crippen LogP contribution in [-0.2, 0) is 14.3 Å². The van der Waals surface area contributed by atoms with E-state index in [4.69, 9.17) is 13.9 Å². The van der Waals surface area contributed by atoms with Crippen LogP contribution in [0.4, 0.5) is 0 Å². The van der Waals surface area contributed by atoms with Gasteiger partial charge in [0, 0.05) is 53.0 Å². The maximum absolute atomic E-state index is 12.9. The fourth-order valence-corrected chi connectivity index (χ4v) is 9.08. The molecule has 0 radical (unpaired) electrons. The maximum atomic E-state index is 12.9. The van der Waals surface area contributed by atoms with Gasteiger partial charge < -0.3 is 34.2 Å². The Kier molecular flexibility index (Phi) is 14.3. The number of aromatic carboxylic acids is 1. The van der Waals surface area contributed by atoms with E-state index in [2.05, 4.69) is 5.32 Å². The molecular weight excluding hydrogens is 781 g/mol. The maximum Gasteiger partial charge on any atom is 0.338 e. The highest BCUT2D eigenvalue weighted by Crippen LogP contribution is 2.41. The molecule has 5 aromatic carbocycles. The average molecular weight is 823 g/mol. The van der Waals surface area contributed by atoms with Crippen LogP contribution in [0.5, 0.6) is 5.75 Å². The summed E-state index contributed by atoms with van der Waals surface area (Å²) in [6.07, 6.45) is 1.16. The fourth-order valence-electron chi connectivity index (χ4n) is 6.61. The molecule has 60 heavy (non-hydrogen) atoms. The molecule has 0 atom stereocenters. The van der Waals surface area contributed by atoms with Gasteiger partial charge in [0.15, 0.2) is 5.43 Å². The molecule has 5 aromatic rings. The van der Waals surface area contributed by atoms with Gasteiger partial charge in [-0.2, -0.15) is 0 Å². The van der Waals surface area contributed by atoms with Crippen LogP contribution in [0, 0.1) is 0 Å². The normalized spacial score (nSPS) is 10.8. The molecule has 2 N–H and O–H groups in total. The van der Waals surface area contributed by atoms with E-state index in [1.807, 2.05) is 60.7 Å². The average Bonchev–Trinajstić information content (AvgIpc) is 3.25. The van der Waals surface area contributed by atoms with Crippen molar-refractivity contribution in [3.05, 3.63) is 166 Å². The summed E-state index contributed by atoms with van der Waals surface area (Å²) in [6, 6.07) is 40.3. The van der Waals surface area contributed by atoms with Gasteiger partial charge in [0.2, 0.25) is 0 Å². The summed E-state index contributed by atoms with van der Waals surface area (Å²) in [7, 11) is 0.250. The topological polar surface area (TPSA) is 172 Å². The van der Waals surface area contributed by atoms with Crippen LogP contribution in [0.2, 0.25) is 0 Å². The third-order valence-corrected chi connectivity index (χ3v) is 11.9. The molecule has 12 heteroatoms. The molecular formula is C48H41NO10P-. The number of hydrogen-bond acceptors (Lipinski definition) is 9. The lowest BCUT2D eigenvalue weighted by Crippen LogP contribution is -2.30. The van der Waals surface area contributed by atoms with Crippen molar-refractivity contribution in [2.75, 3.05) is 26.9 Å². The summed E-state index contributed by atoms with van der Waals surface area (Å²) < 4.78 is 16.3. The molecule has 0 aromatic heterocycles. The molecule has 7 rings (SSSR count). The first-order valence-corrected chi connectivity index (χ1v) is 20.4. The lowest BCUT2D eigenvalue weighted by Gasteiger charge is -2.22. The number of esters is 1. The predicted octanol–water partition coefficient (Wildman–Crippen LogP) is 6.68. The standard InChI is InChI=1S/C28H30NO5P.C20H12O5/c1-21(30)10-9-18-34-19-17-29-27(31)22-15-16-25(28(32)33-2)26(20-22)35(23-11-5-3-6-12-23)24-13-7-4-8-14-24;21-11-5-7-15-17(9-11)25-18-10-12(22)6-8-16(18)19(15)13-3-1-2-4-14(13)20(23)24/h3-8,11-16,20H,9-10,17-19H2,1-2H3,(H,29,31);1-10,21H,(H,23,24)/p-1. The van der Waals surface area contributed by atoms with Gasteiger partial charge in [0.1, 0.15) is 17.1 Å². The van der Waals surface area contributed by atoms with Crippen molar-refractivity contribution in [3.63, 3.8) is 0 Å². The van der Waals surface area contributed by atoms with Gasteiger partial charge in [-0.1, -0.05) is 91.0 Å². The quantitative estimate of drug-likeness (QED) is 0.0522. The second-order valence-corrected chi connectivity index (χ2v) is 15.7. The first-order chi connectivity index (χ1) is 29.0. The van der Waals surface area contributed by atoms with Crippen LogP contribution in [-0.4, -0.2) is 55.6 Å². The van der Waals surface area contributed by atoms with Crippen molar-refractivity contribution in [1.29, 1.82) is 0 Å². The number of carboxylic acids is 1. The van der Waals surface area contributed by atoms with Crippen LogP contribution >= 0.6 is 7.92 Å². The smallest absolute Gasteiger partial charge is 0.338 e. The lowest BCUT2D eigenvalue weighted by molar-refractivity contribution is -0.268. The zero-order valence-electron chi connectivity index (χ0n) is 32.9. The molecule has 1 amide bonds. The van der Waals surface area contributed by atoms with E-state index in [1.165, 1.54) is 37.4 Å². The van der Waals surface area contributed by atoms with Gasteiger partial charge in [-0.25, -0.2) is 9.59 Å². The highest BCUT2D eigenvalue weighted by Gasteiger charge is 2.25.